The summed E-state index contributed by atoms with van der Waals surface area (Å²) in [6, 6.07) is 43.1. The smallest absolute Gasteiger partial charge is 0.0991 e. The molecule has 0 radical (unpaired) electrons. The van der Waals surface area contributed by atoms with E-state index in [4.69, 9.17) is 11.6 Å². The maximum atomic E-state index is 9.32. The van der Waals surface area contributed by atoms with Crippen LogP contribution >= 0.6 is 11.6 Å². The van der Waals surface area contributed by atoms with Crippen LogP contribution in [0.3, 0.4) is 0 Å². The molecular formula is C34H19ClN6. The lowest BCUT2D eigenvalue weighted by Crippen LogP contribution is -2.13. The first-order valence-electron chi connectivity index (χ1n) is 12.4. The van der Waals surface area contributed by atoms with Crippen molar-refractivity contribution in [1.82, 2.24) is 0 Å². The summed E-state index contributed by atoms with van der Waals surface area (Å²) in [6.45, 7) is 0. The molecule has 0 aliphatic carbocycles. The van der Waals surface area contributed by atoms with Crippen LogP contribution in [0.5, 0.6) is 0 Å². The number of hydrogen-bond acceptors (Lipinski definition) is 6. The van der Waals surface area contributed by atoms with Crippen molar-refractivity contribution in [3.8, 4) is 24.3 Å². The Kier molecular flexibility index (Phi) is 7.63. The van der Waals surface area contributed by atoms with Crippen LogP contribution in [-0.4, -0.2) is 0 Å². The topological polar surface area (TPSA) is 102 Å². The molecule has 7 heteroatoms. The molecule has 0 aliphatic rings. The summed E-state index contributed by atoms with van der Waals surface area (Å²) in [5.41, 5.74) is 6.82. The Morgan fingerprint density at radius 3 is 0.829 bits per heavy atom. The minimum absolute atomic E-state index is 0.483. The van der Waals surface area contributed by atoms with Crippen LogP contribution in [0.1, 0.15) is 22.3 Å². The van der Waals surface area contributed by atoms with E-state index in [1.807, 2.05) is 76.5 Å². The predicted molar refractivity (Wildman–Crippen MR) is 160 cm³/mol. The number of rotatable bonds is 6. The van der Waals surface area contributed by atoms with Crippen LogP contribution in [0.2, 0.25) is 5.02 Å². The van der Waals surface area contributed by atoms with Gasteiger partial charge >= 0.3 is 0 Å². The minimum atomic E-state index is 0.483. The Hall–Kier alpha value is -6.05. The molecule has 6 nitrogen and oxygen atoms in total. The maximum absolute atomic E-state index is 9.32. The number of anilines is 6. The van der Waals surface area contributed by atoms with Gasteiger partial charge in [-0.05, 0) is 115 Å². The molecule has 0 aliphatic heterocycles. The minimum Gasteiger partial charge on any atom is -0.310 e. The first kappa shape index (κ1) is 26.6. The number of nitrogens with zero attached hydrogens (tertiary/aromatic N) is 6. The molecule has 0 aromatic heterocycles. The van der Waals surface area contributed by atoms with E-state index in [-0.39, 0.29) is 0 Å². The van der Waals surface area contributed by atoms with E-state index in [9.17, 15) is 21.0 Å². The number of benzene rings is 5. The molecule has 5 aromatic rings. The van der Waals surface area contributed by atoms with Crippen LogP contribution in [0.15, 0.2) is 115 Å². The zero-order valence-corrected chi connectivity index (χ0v) is 22.3. The van der Waals surface area contributed by atoms with Crippen molar-refractivity contribution in [3.05, 3.63) is 143 Å². The van der Waals surface area contributed by atoms with Gasteiger partial charge in [-0.2, -0.15) is 21.0 Å². The van der Waals surface area contributed by atoms with Crippen molar-refractivity contribution in [3.63, 3.8) is 0 Å². The van der Waals surface area contributed by atoms with E-state index in [1.54, 1.807) is 48.5 Å². The van der Waals surface area contributed by atoms with Crippen LogP contribution < -0.4 is 9.80 Å². The van der Waals surface area contributed by atoms with Crippen LogP contribution in [0.4, 0.5) is 34.1 Å². The van der Waals surface area contributed by atoms with E-state index < -0.39 is 0 Å². The summed E-state index contributed by atoms with van der Waals surface area (Å²) in [6.07, 6.45) is 0. The van der Waals surface area contributed by atoms with Gasteiger partial charge in [0, 0.05) is 39.1 Å². The van der Waals surface area contributed by atoms with E-state index in [0.717, 1.165) is 34.1 Å². The van der Waals surface area contributed by atoms with Crippen molar-refractivity contribution in [2.75, 3.05) is 9.80 Å². The molecule has 5 aromatic carbocycles. The fraction of sp³-hybridized carbons (Fsp3) is 0. The number of hydrogen-bond donors (Lipinski definition) is 0. The van der Waals surface area contributed by atoms with Crippen LogP contribution in [0, 0.1) is 45.3 Å². The van der Waals surface area contributed by atoms with E-state index >= 15 is 0 Å². The first-order chi connectivity index (χ1) is 20.0. The molecule has 0 saturated carbocycles. The zero-order chi connectivity index (χ0) is 28.8. The van der Waals surface area contributed by atoms with Gasteiger partial charge in [0.1, 0.15) is 0 Å². The van der Waals surface area contributed by atoms with Gasteiger partial charge in [0.25, 0.3) is 0 Å². The predicted octanol–water partition coefficient (Wildman–Crippen LogP) is 8.77. The third-order valence-corrected chi connectivity index (χ3v) is 6.62. The standard InChI is InChI=1S/C34H19ClN6/c35-28-17-33(40(29-9-1-24(20-36)2-10-29)30-11-3-25(21-37)4-12-30)19-34(18-28)41(31-13-5-26(22-38)6-14-31)32-15-7-27(23-39)8-16-32/h1-19H. The molecule has 0 bridgehead atoms. The van der Waals surface area contributed by atoms with E-state index in [2.05, 4.69) is 24.3 Å². The largest absolute Gasteiger partial charge is 0.310 e. The summed E-state index contributed by atoms with van der Waals surface area (Å²) < 4.78 is 0. The lowest BCUT2D eigenvalue weighted by atomic mass is 10.1. The molecule has 5 rings (SSSR count). The highest BCUT2D eigenvalue weighted by Crippen LogP contribution is 2.42. The Labute approximate surface area is 243 Å². The van der Waals surface area contributed by atoms with Crippen LogP contribution in [-0.2, 0) is 0 Å². The Morgan fingerprint density at radius 1 is 0.366 bits per heavy atom. The second kappa shape index (κ2) is 11.8. The Balaban J connectivity index is 1.70. The van der Waals surface area contributed by atoms with Gasteiger partial charge in [0.15, 0.2) is 0 Å². The first-order valence-corrected chi connectivity index (χ1v) is 12.8. The second-order valence-corrected chi connectivity index (χ2v) is 9.41. The number of halogens is 1. The summed E-state index contributed by atoms with van der Waals surface area (Å²) in [5.74, 6) is 0. The van der Waals surface area contributed by atoms with Crippen molar-refractivity contribution < 1.29 is 0 Å². The van der Waals surface area contributed by atoms with Gasteiger partial charge in [-0.3, -0.25) is 0 Å². The second-order valence-electron chi connectivity index (χ2n) is 8.97. The van der Waals surface area contributed by atoms with Crippen molar-refractivity contribution in [2.45, 2.75) is 0 Å². The quantitative estimate of drug-likeness (QED) is 0.211. The van der Waals surface area contributed by atoms with Gasteiger partial charge in [-0.15, -0.1) is 0 Å². The molecule has 0 spiro atoms. The summed E-state index contributed by atoms with van der Waals surface area (Å²) in [4.78, 5) is 3.99. The molecule has 192 valence electrons. The van der Waals surface area contributed by atoms with Crippen molar-refractivity contribution in [1.29, 1.82) is 21.0 Å². The van der Waals surface area contributed by atoms with Gasteiger partial charge < -0.3 is 9.80 Å². The molecule has 0 N–H and O–H groups in total. The van der Waals surface area contributed by atoms with E-state index in [0.29, 0.717) is 27.3 Å². The third-order valence-electron chi connectivity index (χ3n) is 6.40. The van der Waals surface area contributed by atoms with Crippen LogP contribution in [0.25, 0.3) is 0 Å². The van der Waals surface area contributed by atoms with Gasteiger partial charge in [-0.1, -0.05) is 11.6 Å². The fourth-order valence-corrected chi connectivity index (χ4v) is 4.68. The van der Waals surface area contributed by atoms with Gasteiger partial charge in [0.05, 0.1) is 46.5 Å². The zero-order valence-electron chi connectivity index (χ0n) is 21.5. The highest BCUT2D eigenvalue weighted by molar-refractivity contribution is 6.31. The average molecular weight is 547 g/mol. The van der Waals surface area contributed by atoms with Gasteiger partial charge in [-0.25, -0.2) is 0 Å². The molecule has 0 amide bonds. The van der Waals surface area contributed by atoms with Gasteiger partial charge in [0.2, 0.25) is 0 Å². The molecule has 41 heavy (non-hydrogen) atoms. The van der Waals surface area contributed by atoms with Crippen molar-refractivity contribution >= 4 is 45.7 Å². The SMILES string of the molecule is N#Cc1ccc(N(c2ccc(C#N)cc2)c2cc(Cl)cc(N(c3ccc(C#N)cc3)c3ccc(C#N)cc3)c2)cc1. The Morgan fingerprint density at radius 2 is 0.610 bits per heavy atom. The Bertz CT molecular complexity index is 1620. The van der Waals surface area contributed by atoms with Crippen molar-refractivity contribution in [2.24, 2.45) is 0 Å². The molecule has 0 fully saturated rings. The monoisotopic (exact) mass is 546 g/mol. The highest BCUT2D eigenvalue weighted by atomic mass is 35.5. The summed E-state index contributed by atoms with van der Waals surface area (Å²) in [7, 11) is 0. The molecule has 0 heterocycles. The molecule has 0 saturated heterocycles. The van der Waals surface area contributed by atoms with E-state index in [1.165, 1.54) is 0 Å². The normalized spacial score (nSPS) is 9.98. The lowest BCUT2D eigenvalue weighted by Gasteiger charge is -2.30. The average Bonchev–Trinajstić information content (AvgIpc) is 3.02. The lowest BCUT2D eigenvalue weighted by molar-refractivity contribution is 1.24. The maximum Gasteiger partial charge on any atom is 0.0991 e. The molecule has 0 unspecified atom stereocenters. The summed E-state index contributed by atoms with van der Waals surface area (Å²) >= 11 is 6.75. The fourth-order valence-electron chi connectivity index (χ4n) is 4.45. The third kappa shape index (κ3) is 5.70. The molecule has 0 atom stereocenters. The highest BCUT2D eigenvalue weighted by Gasteiger charge is 2.19. The number of nitriles is 4. The summed E-state index contributed by atoms with van der Waals surface area (Å²) in [5, 5.41) is 37.8. The molecular weight excluding hydrogens is 528 g/mol.